The van der Waals surface area contributed by atoms with Crippen molar-refractivity contribution in [3.05, 3.63) is 53.6 Å². The van der Waals surface area contributed by atoms with Crippen LogP contribution in [-0.2, 0) is 6.42 Å². The normalized spacial score (nSPS) is 18.6. The molecular formula is C21H24N2O4. The quantitative estimate of drug-likeness (QED) is 0.870. The van der Waals surface area contributed by atoms with Crippen molar-refractivity contribution >= 4 is 6.03 Å². The number of urea groups is 1. The summed E-state index contributed by atoms with van der Waals surface area (Å²) >= 11 is 0. The predicted octanol–water partition coefficient (Wildman–Crippen LogP) is 3.07. The number of ether oxygens (including phenoxy) is 3. The van der Waals surface area contributed by atoms with E-state index in [2.05, 4.69) is 16.7 Å². The number of hydrogen-bond donors (Lipinski definition) is 2. The van der Waals surface area contributed by atoms with Gasteiger partial charge in [-0.2, -0.15) is 0 Å². The standard InChI is InChI=1S/C21H24N2O4/c1-14(16-6-7-19-20(11-16)26-9-8-25-19)23-21(24)22-12-15-10-17-4-2-3-5-18(17)27-13-15/h2-7,11,14-15H,8-10,12-13H2,1H3,(H2,22,23,24). The van der Waals surface area contributed by atoms with E-state index in [1.54, 1.807) is 0 Å². The average molecular weight is 368 g/mol. The van der Waals surface area contributed by atoms with Crippen LogP contribution in [0.15, 0.2) is 42.5 Å². The minimum Gasteiger partial charge on any atom is -0.493 e. The number of carbonyl (C=O) groups excluding carboxylic acids is 1. The van der Waals surface area contributed by atoms with Crippen LogP contribution in [0, 0.1) is 5.92 Å². The lowest BCUT2D eigenvalue weighted by Crippen LogP contribution is -2.41. The molecular weight excluding hydrogens is 344 g/mol. The van der Waals surface area contributed by atoms with E-state index in [0.29, 0.717) is 26.4 Å². The number of benzene rings is 2. The summed E-state index contributed by atoms with van der Waals surface area (Å²) in [4.78, 5) is 12.3. The summed E-state index contributed by atoms with van der Waals surface area (Å²) in [6.45, 7) is 4.26. The highest BCUT2D eigenvalue weighted by molar-refractivity contribution is 5.74. The third-order valence-corrected chi connectivity index (χ3v) is 4.92. The van der Waals surface area contributed by atoms with Crippen LogP contribution in [0.3, 0.4) is 0 Å². The lowest BCUT2D eigenvalue weighted by molar-refractivity contribution is 0.171. The molecule has 2 heterocycles. The molecule has 0 aliphatic carbocycles. The minimum atomic E-state index is -0.184. The highest BCUT2D eigenvalue weighted by atomic mass is 16.6. The Morgan fingerprint density at radius 3 is 2.78 bits per heavy atom. The van der Waals surface area contributed by atoms with Crippen LogP contribution in [0.4, 0.5) is 4.79 Å². The summed E-state index contributed by atoms with van der Waals surface area (Å²) in [5, 5.41) is 5.93. The van der Waals surface area contributed by atoms with Gasteiger partial charge in [0.25, 0.3) is 0 Å². The number of fused-ring (bicyclic) bond motifs is 2. The number of carbonyl (C=O) groups is 1. The highest BCUT2D eigenvalue weighted by Crippen LogP contribution is 2.32. The molecule has 2 aromatic carbocycles. The smallest absolute Gasteiger partial charge is 0.315 e. The summed E-state index contributed by atoms with van der Waals surface area (Å²) in [6, 6.07) is 13.5. The maximum Gasteiger partial charge on any atom is 0.315 e. The second-order valence-corrected chi connectivity index (χ2v) is 6.97. The fourth-order valence-corrected chi connectivity index (χ4v) is 3.42. The second kappa shape index (κ2) is 7.78. The van der Waals surface area contributed by atoms with Crippen LogP contribution in [-0.4, -0.2) is 32.4 Å². The van der Waals surface area contributed by atoms with E-state index in [-0.39, 0.29) is 18.0 Å². The second-order valence-electron chi connectivity index (χ2n) is 6.97. The van der Waals surface area contributed by atoms with Crippen LogP contribution in [0.25, 0.3) is 0 Å². The Morgan fingerprint density at radius 1 is 1.07 bits per heavy atom. The Hall–Kier alpha value is -2.89. The SMILES string of the molecule is CC(NC(=O)NCC1COc2ccccc2C1)c1ccc2c(c1)OCCO2. The predicted molar refractivity (Wildman–Crippen MR) is 102 cm³/mol. The van der Waals surface area contributed by atoms with E-state index in [1.807, 2.05) is 43.3 Å². The summed E-state index contributed by atoms with van der Waals surface area (Å²) in [5.41, 5.74) is 2.17. The van der Waals surface area contributed by atoms with E-state index >= 15 is 0 Å². The Kier molecular flexibility index (Phi) is 5.05. The van der Waals surface area contributed by atoms with Gasteiger partial charge in [0.15, 0.2) is 11.5 Å². The molecule has 2 amide bonds. The van der Waals surface area contributed by atoms with Gasteiger partial charge in [0.05, 0.1) is 12.6 Å². The molecule has 6 heteroatoms. The minimum absolute atomic E-state index is 0.135. The molecule has 0 saturated heterocycles. The zero-order valence-electron chi connectivity index (χ0n) is 15.4. The van der Waals surface area contributed by atoms with Crippen molar-refractivity contribution in [1.29, 1.82) is 0 Å². The van der Waals surface area contributed by atoms with E-state index in [9.17, 15) is 4.79 Å². The van der Waals surface area contributed by atoms with Gasteiger partial charge in [-0.25, -0.2) is 4.79 Å². The molecule has 2 aliphatic heterocycles. The largest absolute Gasteiger partial charge is 0.493 e. The Labute approximate surface area is 158 Å². The van der Waals surface area contributed by atoms with E-state index in [1.165, 1.54) is 5.56 Å². The average Bonchev–Trinajstić information content (AvgIpc) is 2.71. The van der Waals surface area contributed by atoms with E-state index in [4.69, 9.17) is 14.2 Å². The van der Waals surface area contributed by atoms with Gasteiger partial charge in [0.1, 0.15) is 19.0 Å². The molecule has 2 N–H and O–H groups in total. The molecule has 0 saturated carbocycles. The molecule has 142 valence electrons. The fourth-order valence-electron chi connectivity index (χ4n) is 3.42. The first-order valence-electron chi connectivity index (χ1n) is 9.33. The van der Waals surface area contributed by atoms with Gasteiger partial charge < -0.3 is 24.8 Å². The summed E-state index contributed by atoms with van der Waals surface area (Å²) in [5.74, 6) is 2.70. The first kappa shape index (κ1) is 17.5. The lowest BCUT2D eigenvalue weighted by Gasteiger charge is -2.26. The molecule has 27 heavy (non-hydrogen) atoms. The molecule has 2 aromatic rings. The van der Waals surface area contributed by atoms with Crippen molar-refractivity contribution < 1.29 is 19.0 Å². The number of amides is 2. The monoisotopic (exact) mass is 368 g/mol. The van der Waals surface area contributed by atoms with E-state index in [0.717, 1.165) is 29.2 Å². The summed E-state index contributed by atoms with van der Waals surface area (Å²) < 4.78 is 16.9. The van der Waals surface area contributed by atoms with Gasteiger partial charge in [-0.3, -0.25) is 0 Å². The maximum absolute atomic E-state index is 12.3. The van der Waals surface area contributed by atoms with Crippen LogP contribution in [0.2, 0.25) is 0 Å². The first-order valence-corrected chi connectivity index (χ1v) is 9.33. The molecule has 0 spiro atoms. The number of hydrogen-bond acceptors (Lipinski definition) is 4. The number of nitrogens with one attached hydrogen (secondary N) is 2. The number of para-hydroxylation sites is 1. The molecule has 4 rings (SSSR count). The topological polar surface area (TPSA) is 68.8 Å². The van der Waals surface area contributed by atoms with Crippen molar-refractivity contribution in [2.45, 2.75) is 19.4 Å². The van der Waals surface area contributed by atoms with Crippen LogP contribution in [0.5, 0.6) is 17.2 Å². The van der Waals surface area contributed by atoms with E-state index < -0.39 is 0 Å². The molecule has 2 unspecified atom stereocenters. The molecule has 2 aliphatic rings. The van der Waals surface area contributed by atoms with Crippen molar-refractivity contribution in [3.8, 4) is 17.2 Å². The highest BCUT2D eigenvalue weighted by Gasteiger charge is 2.21. The Morgan fingerprint density at radius 2 is 1.89 bits per heavy atom. The Balaban J connectivity index is 1.28. The molecule has 0 aromatic heterocycles. The molecule has 2 atom stereocenters. The summed E-state index contributed by atoms with van der Waals surface area (Å²) in [7, 11) is 0. The van der Waals surface area contributed by atoms with Gasteiger partial charge in [-0.15, -0.1) is 0 Å². The number of rotatable bonds is 4. The van der Waals surface area contributed by atoms with Gasteiger partial charge in [-0.1, -0.05) is 24.3 Å². The third kappa shape index (κ3) is 4.10. The van der Waals surface area contributed by atoms with Gasteiger partial charge in [-0.05, 0) is 42.7 Å². The van der Waals surface area contributed by atoms with Crippen LogP contribution >= 0.6 is 0 Å². The molecule has 0 radical (unpaired) electrons. The van der Waals surface area contributed by atoms with Crippen molar-refractivity contribution in [2.24, 2.45) is 5.92 Å². The molecule has 0 fully saturated rings. The van der Waals surface area contributed by atoms with Gasteiger partial charge in [0.2, 0.25) is 0 Å². The first-order chi connectivity index (χ1) is 13.2. The van der Waals surface area contributed by atoms with Crippen LogP contribution in [0.1, 0.15) is 24.1 Å². The maximum atomic E-state index is 12.3. The zero-order valence-corrected chi connectivity index (χ0v) is 15.4. The zero-order chi connectivity index (χ0) is 18.6. The lowest BCUT2D eigenvalue weighted by atomic mass is 9.97. The van der Waals surface area contributed by atoms with Crippen molar-refractivity contribution in [3.63, 3.8) is 0 Å². The van der Waals surface area contributed by atoms with Crippen molar-refractivity contribution in [1.82, 2.24) is 10.6 Å². The molecule has 6 nitrogen and oxygen atoms in total. The summed E-state index contributed by atoms with van der Waals surface area (Å²) in [6.07, 6.45) is 0.911. The van der Waals surface area contributed by atoms with Gasteiger partial charge in [0, 0.05) is 12.5 Å². The third-order valence-electron chi connectivity index (χ3n) is 4.92. The fraction of sp³-hybridized carbons (Fsp3) is 0.381. The van der Waals surface area contributed by atoms with Crippen LogP contribution < -0.4 is 24.8 Å². The van der Waals surface area contributed by atoms with Gasteiger partial charge >= 0.3 is 6.03 Å². The Bertz CT molecular complexity index is 824. The molecule has 0 bridgehead atoms. The van der Waals surface area contributed by atoms with Crippen molar-refractivity contribution in [2.75, 3.05) is 26.4 Å².